The van der Waals surface area contributed by atoms with Gasteiger partial charge in [0, 0.05) is 6.04 Å². The SMILES string of the molecule is Cc1ccc(OCCC(=O)OCC(=O)NC(=O)NC2CCCC2)cc1. The number of ether oxygens (including phenoxy) is 2. The molecule has 0 unspecified atom stereocenters. The molecule has 1 aromatic rings. The molecule has 0 saturated heterocycles. The molecule has 1 saturated carbocycles. The zero-order valence-electron chi connectivity index (χ0n) is 14.4. The summed E-state index contributed by atoms with van der Waals surface area (Å²) in [5.41, 5.74) is 1.12. The molecule has 1 fully saturated rings. The van der Waals surface area contributed by atoms with Gasteiger partial charge in [0.15, 0.2) is 6.61 Å². The van der Waals surface area contributed by atoms with Crippen molar-refractivity contribution < 1.29 is 23.9 Å². The average Bonchev–Trinajstić information content (AvgIpc) is 3.07. The van der Waals surface area contributed by atoms with Gasteiger partial charge in [0.2, 0.25) is 0 Å². The van der Waals surface area contributed by atoms with E-state index in [1.165, 1.54) is 0 Å². The molecule has 25 heavy (non-hydrogen) atoms. The van der Waals surface area contributed by atoms with Gasteiger partial charge in [-0.25, -0.2) is 4.79 Å². The van der Waals surface area contributed by atoms with Crippen LogP contribution in [0.5, 0.6) is 5.75 Å². The second kappa shape index (κ2) is 9.66. The van der Waals surface area contributed by atoms with Crippen molar-refractivity contribution in [2.75, 3.05) is 13.2 Å². The molecule has 136 valence electrons. The number of hydrogen-bond donors (Lipinski definition) is 2. The number of esters is 1. The van der Waals surface area contributed by atoms with Crippen molar-refractivity contribution in [1.29, 1.82) is 0 Å². The minimum atomic E-state index is -0.650. The highest BCUT2D eigenvalue weighted by Crippen LogP contribution is 2.17. The Hall–Kier alpha value is -2.57. The molecule has 1 aliphatic rings. The molecule has 1 aromatic carbocycles. The molecular formula is C18H24N2O5. The second-order valence-corrected chi connectivity index (χ2v) is 6.08. The monoisotopic (exact) mass is 348 g/mol. The predicted molar refractivity (Wildman–Crippen MR) is 91.2 cm³/mol. The van der Waals surface area contributed by atoms with Crippen molar-refractivity contribution in [3.63, 3.8) is 0 Å². The Labute approximate surface area is 147 Å². The van der Waals surface area contributed by atoms with E-state index in [4.69, 9.17) is 9.47 Å². The fourth-order valence-corrected chi connectivity index (χ4v) is 2.56. The van der Waals surface area contributed by atoms with Crippen molar-refractivity contribution in [2.45, 2.75) is 45.1 Å². The number of amides is 3. The van der Waals surface area contributed by atoms with Gasteiger partial charge in [-0.2, -0.15) is 0 Å². The third-order valence-corrected chi connectivity index (χ3v) is 3.90. The van der Waals surface area contributed by atoms with Gasteiger partial charge in [-0.15, -0.1) is 0 Å². The maximum Gasteiger partial charge on any atom is 0.321 e. The van der Waals surface area contributed by atoms with Crippen LogP contribution in [0.25, 0.3) is 0 Å². The van der Waals surface area contributed by atoms with E-state index in [1.54, 1.807) is 0 Å². The van der Waals surface area contributed by atoms with E-state index < -0.39 is 24.5 Å². The smallest absolute Gasteiger partial charge is 0.321 e. The molecule has 7 heteroatoms. The van der Waals surface area contributed by atoms with E-state index in [9.17, 15) is 14.4 Å². The predicted octanol–water partition coefficient (Wildman–Crippen LogP) is 2.08. The summed E-state index contributed by atoms with van der Waals surface area (Å²) < 4.78 is 10.2. The van der Waals surface area contributed by atoms with Gasteiger partial charge in [-0.05, 0) is 31.9 Å². The lowest BCUT2D eigenvalue weighted by molar-refractivity contribution is -0.148. The van der Waals surface area contributed by atoms with Gasteiger partial charge >= 0.3 is 12.0 Å². The zero-order valence-corrected chi connectivity index (χ0v) is 14.4. The fourth-order valence-electron chi connectivity index (χ4n) is 2.56. The first-order chi connectivity index (χ1) is 12.0. The molecular weight excluding hydrogens is 324 g/mol. The Balaban J connectivity index is 1.56. The molecule has 0 atom stereocenters. The first kappa shape index (κ1) is 18.8. The number of carbonyl (C=O) groups is 3. The first-order valence-electron chi connectivity index (χ1n) is 8.48. The lowest BCUT2D eigenvalue weighted by Crippen LogP contribution is -2.45. The molecule has 0 radical (unpaired) electrons. The van der Waals surface area contributed by atoms with Crippen LogP contribution < -0.4 is 15.4 Å². The highest BCUT2D eigenvalue weighted by Gasteiger charge is 2.18. The van der Waals surface area contributed by atoms with Crippen molar-refractivity contribution in [1.82, 2.24) is 10.6 Å². The molecule has 7 nitrogen and oxygen atoms in total. The van der Waals surface area contributed by atoms with E-state index >= 15 is 0 Å². The third kappa shape index (κ3) is 7.24. The van der Waals surface area contributed by atoms with Crippen LogP contribution in [0.2, 0.25) is 0 Å². The number of carbonyl (C=O) groups excluding carboxylic acids is 3. The van der Waals surface area contributed by atoms with Crippen LogP contribution in [-0.4, -0.2) is 37.2 Å². The Morgan fingerprint density at radius 1 is 1.12 bits per heavy atom. The Kier molecular flexibility index (Phi) is 7.25. The van der Waals surface area contributed by atoms with Gasteiger partial charge < -0.3 is 14.8 Å². The number of imide groups is 1. The Morgan fingerprint density at radius 2 is 1.80 bits per heavy atom. The minimum absolute atomic E-state index is 0.0232. The molecule has 0 aliphatic heterocycles. The van der Waals surface area contributed by atoms with Gasteiger partial charge in [-0.1, -0.05) is 30.5 Å². The van der Waals surface area contributed by atoms with E-state index in [1.807, 2.05) is 31.2 Å². The van der Waals surface area contributed by atoms with E-state index in [0.717, 1.165) is 31.2 Å². The summed E-state index contributed by atoms with van der Waals surface area (Å²) in [6.07, 6.45) is 4.05. The van der Waals surface area contributed by atoms with Gasteiger partial charge in [0.05, 0.1) is 13.0 Å². The van der Waals surface area contributed by atoms with Crippen LogP contribution in [0, 0.1) is 6.92 Å². The van der Waals surface area contributed by atoms with Crippen molar-refractivity contribution in [3.05, 3.63) is 29.8 Å². The van der Waals surface area contributed by atoms with Crippen LogP contribution in [0.4, 0.5) is 4.79 Å². The third-order valence-electron chi connectivity index (χ3n) is 3.90. The largest absolute Gasteiger partial charge is 0.493 e. The standard InChI is InChI=1S/C18H24N2O5/c1-13-6-8-15(9-7-13)24-11-10-17(22)25-12-16(21)20-18(23)19-14-4-2-3-5-14/h6-9,14H,2-5,10-12H2,1H3,(H2,19,20,21,23). The number of benzene rings is 1. The second-order valence-electron chi connectivity index (χ2n) is 6.08. The summed E-state index contributed by atoms with van der Waals surface area (Å²) in [7, 11) is 0. The summed E-state index contributed by atoms with van der Waals surface area (Å²) in [6.45, 7) is 1.65. The zero-order chi connectivity index (χ0) is 18.1. The van der Waals surface area contributed by atoms with Crippen LogP contribution in [0.3, 0.4) is 0 Å². The molecule has 1 aliphatic carbocycles. The lowest BCUT2D eigenvalue weighted by atomic mass is 10.2. The normalized spacial score (nSPS) is 14.0. The fraction of sp³-hybridized carbons (Fsp3) is 0.500. The average molecular weight is 348 g/mol. The first-order valence-corrected chi connectivity index (χ1v) is 8.48. The maximum atomic E-state index is 11.6. The Bertz CT molecular complexity index is 594. The van der Waals surface area contributed by atoms with E-state index in [0.29, 0.717) is 5.75 Å². The van der Waals surface area contributed by atoms with Gasteiger partial charge in [0.1, 0.15) is 5.75 Å². The number of hydrogen-bond acceptors (Lipinski definition) is 5. The van der Waals surface area contributed by atoms with Crippen LogP contribution in [0.1, 0.15) is 37.7 Å². The molecule has 3 amide bonds. The highest BCUT2D eigenvalue weighted by molar-refractivity contribution is 5.95. The minimum Gasteiger partial charge on any atom is -0.493 e. The number of nitrogens with one attached hydrogen (secondary N) is 2. The molecule has 0 heterocycles. The molecule has 0 spiro atoms. The molecule has 0 bridgehead atoms. The van der Waals surface area contributed by atoms with Crippen molar-refractivity contribution in [3.8, 4) is 5.75 Å². The van der Waals surface area contributed by atoms with Gasteiger partial charge in [0.25, 0.3) is 5.91 Å². The quantitative estimate of drug-likeness (QED) is 0.736. The van der Waals surface area contributed by atoms with Crippen LogP contribution >= 0.6 is 0 Å². The number of rotatable bonds is 7. The summed E-state index contributed by atoms with van der Waals surface area (Å²) in [6, 6.07) is 7.03. The number of urea groups is 1. The van der Waals surface area contributed by atoms with Gasteiger partial charge in [-0.3, -0.25) is 14.9 Å². The number of aryl methyl sites for hydroxylation is 1. The van der Waals surface area contributed by atoms with Crippen molar-refractivity contribution >= 4 is 17.9 Å². The van der Waals surface area contributed by atoms with Crippen LogP contribution in [0.15, 0.2) is 24.3 Å². The maximum absolute atomic E-state index is 11.6. The molecule has 2 N–H and O–H groups in total. The summed E-state index contributed by atoms with van der Waals surface area (Å²) in [5, 5.41) is 4.87. The highest BCUT2D eigenvalue weighted by atomic mass is 16.5. The van der Waals surface area contributed by atoms with Crippen molar-refractivity contribution in [2.24, 2.45) is 0 Å². The summed E-state index contributed by atoms with van der Waals surface area (Å²) in [4.78, 5) is 34.8. The lowest BCUT2D eigenvalue weighted by Gasteiger charge is -2.12. The topological polar surface area (TPSA) is 93.7 Å². The summed E-state index contributed by atoms with van der Waals surface area (Å²) >= 11 is 0. The summed E-state index contributed by atoms with van der Waals surface area (Å²) in [5.74, 6) is -0.540. The van der Waals surface area contributed by atoms with E-state index in [2.05, 4.69) is 10.6 Å². The Morgan fingerprint density at radius 3 is 2.48 bits per heavy atom. The molecule has 0 aromatic heterocycles. The molecule has 2 rings (SSSR count). The van der Waals surface area contributed by atoms with E-state index in [-0.39, 0.29) is 19.1 Å². The van der Waals surface area contributed by atoms with Crippen LogP contribution in [-0.2, 0) is 14.3 Å².